The van der Waals surface area contributed by atoms with Gasteiger partial charge in [0.2, 0.25) is 0 Å². The molecule has 1 heterocycles. The molecule has 0 spiro atoms. The lowest BCUT2D eigenvalue weighted by Gasteiger charge is -2.24. The predicted octanol–water partition coefficient (Wildman–Crippen LogP) is 5.19. The van der Waals surface area contributed by atoms with Crippen molar-refractivity contribution >= 4 is 56.8 Å². The van der Waals surface area contributed by atoms with Gasteiger partial charge in [-0.15, -0.1) is 24.2 Å². The van der Waals surface area contributed by atoms with Gasteiger partial charge in [-0.05, 0) is 49.7 Å². The topological polar surface area (TPSA) is 45.7 Å². The van der Waals surface area contributed by atoms with E-state index < -0.39 is 0 Å². The first kappa shape index (κ1) is 24.5. The standard InChI is InChI=1S/C22H27N3O2S2.ClH/c1-4-24(5-2)13-14-25(21(26)16-27-17-9-7-6-8-10-17)22-23-19-12-11-18(28-3)15-20(19)29-22;/h6-12,15H,4-5,13-14,16H2,1-3H3;1H. The molecule has 3 rings (SSSR count). The number of hydrogen-bond acceptors (Lipinski definition) is 6. The summed E-state index contributed by atoms with van der Waals surface area (Å²) in [4.78, 5) is 23.1. The van der Waals surface area contributed by atoms with E-state index in [9.17, 15) is 4.79 Å². The highest BCUT2D eigenvalue weighted by atomic mass is 35.5. The molecule has 0 aliphatic rings. The second-order valence-electron chi connectivity index (χ2n) is 6.50. The number of thioether (sulfide) groups is 1. The molecule has 3 aromatic rings. The van der Waals surface area contributed by atoms with Crippen molar-refractivity contribution in [1.29, 1.82) is 0 Å². The molecule has 2 aromatic carbocycles. The Morgan fingerprint density at radius 2 is 1.83 bits per heavy atom. The number of benzene rings is 2. The van der Waals surface area contributed by atoms with Crippen molar-refractivity contribution in [1.82, 2.24) is 9.88 Å². The molecule has 0 N–H and O–H groups in total. The SMILES string of the molecule is CCN(CC)CCN(C(=O)COc1ccccc1)c1nc2ccc(SC)cc2s1.Cl. The van der Waals surface area contributed by atoms with E-state index >= 15 is 0 Å². The van der Waals surface area contributed by atoms with E-state index in [1.165, 1.54) is 4.90 Å². The lowest BCUT2D eigenvalue weighted by atomic mass is 10.3. The normalized spacial score (nSPS) is 10.8. The van der Waals surface area contributed by atoms with Crippen molar-refractivity contribution in [3.63, 3.8) is 0 Å². The Balaban J connectivity index is 0.00000320. The summed E-state index contributed by atoms with van der Waals surface area (Å²) >= 11 is 3.26. The zero-order valence-corrected chi connectivity index (χ0v) is 20.0. The third kappa shape index (κ3) is 6.35. The summed E-state index contributed by atoms with van der Waals surface area (Å²) in [5.41, 5.74) is 0.924. The molecular weight excluding hydrogens is 438 g/mol. The molecule has 1 amide bonds. The van der Waals surface area contributed by atoms with E-state index in [1.54, 1.807) is 28.0 Å². The Morgan fingerprint density at radius 1 is 1.10 bits per heavy atom. The van der Waals surface area contributed by atoms with Crippen molar-refractivity contribution < 1.29 is 9.53 Å². The molecular formula is C22H28ClN3O2S2. The minimum Gasteiger partial charge on any atom is -0.484 e. The number of hydrogen-bond donors (Lipinski definition) is 0. The van der Waals surface area contributed by atoms with Gasteiger partial charge >= 0.3 is 0 Å². The number of likely N-dealkylation sites (N-methyl/N-ethyl adjacent to an activating group) is 1. The average Bonchev–Trinajstić information content (AvgIpc) is 3.18. The van der Waals surface area contributed by atoms with Crippen LogP contribution in [0.3, 0.4) is 0 Å². The van der Waals surface area contributed by atoms with Crippen LogP contribution in [0.4, 0.5) is 5.13 Å². The fourth-order valence-electron chi connectivity index (χ4n) is 2.98. The quantitative estimate of drug-likeness (QED) is 0.385. The fraction of sp³-hybridized carbons (Fsp3) is 0.364. The number of anilines is 1. The van der Waals surface area contributed by atoms with Crippen LogP contribution in [0.15, 0.2) is 53.4 Å². The number of carbonyl (C=O) groups is 1. The number of ether oxygens (including phenoxy) is 1. The van der Waals surface area contributed by atoms with Crippen molar-refractivity contribution in [3.8, 4) is 5.75 Å². The Labute approximate surface area is 192 Å². The van der Waals surface area contributed by atoms with Gasteiger partial charge in [-0.3, -0.25) is 9.69 Å². The highest BCUT2D eigenvalue weighted by Crippen LogP contribution is 2.31. The molecule has 0 aliphatic heterocycles. The molecule has 0 unspecified atom stereocenters. The molecule has 0 aliphatic carbocycles. The number of aromatic nitrogens is 1. The van der Waals surface area contributed by atoms with Crippen molar-refractivity contribution in [2.45, 2.75) is 18.7 Å². The number of thiazole rings is 1. The van der Waals surface area contributed by atoms with E-state index in [0.717, 1.165) is 35.0 Å². The third-order valence-electron chi connectivity index (χ3n) is 4.76. The summed E-state index contributed by atoms with van der Waals surface area (Å²) < 4.78 is 6.80. The van der Waals surface area contributed by atoms with Crippen LogP contribution in [0, 0.1) is 0 Å². The number of halogens is 1. The van der Waals surface area contributed by atoms with Gasteiger partial charge in [0.1, 0.15) is 5.75 Å². The van der Waals surface area contributed by atoms with Crippen LogP contribution in [0.1, 0.15) is 13.8 Å². The van der Waals surface area contributed by atoms with Gasteiger partial charge in [-0.2, -0.15) is 0 Å². The number of rotatable bonds is 10. The molecule has 162 valence electrons. The number of amides is 1. The van der Waals surface area contributed by atoms with E-state index in [2.05, 4.69) is 37.1 Å². The maximum atomic E-state index is 13.1. The largest absolute Gasteiger partial charge is 0.484 e. The molecule has 0 fully saturated rings. The molecule has 0 atom stereocenters. The second kappa shape index (κ2) is 12.2. The molecule has 8 heteroatoms. The van der Waals surface area contributed by atoms with Crippen LogP contribution < -0.4 is 9.64 Å². The van der Waals surface area contributed by atoms with Crippen LogP contribution in [0.5, 0.6) is 5.75 Å². The van der Waals surface area contributed by atoms with Crippen molar-refractivity contribution in [3.05, 3.63) is 48.5 Å². The Bertz CT molecular complexity index is 933. The van der Waals surface area contributed by atoms with Crippen molar-refractivity contribution in [2.75, 3.05) is 43.9 Å². The van der Waals surface area contributed by atoms with Gasteiger partial charge in [0, 0.05) is 18.0 Å². The average molecular weight is 466 g/mol. The summed E-state index contributed by atoms with van der Waals surface area (Å²) in [6.07, 6.45) is 2.06. The van der Waals surface area contributed by atoms with Gasteiger partial charge in [0.15, 0.2) is 11.7 Å². The van der Waals surface area contributed by atoms with Gasteiger partial charge in [-0.1, -0.05) is 43.4 Å². The van der Waals surface area contributed by atoms with Gasteiger partial charge in [0.25, 0.3) is 5.91 Å². The molecule has 30 heavy (non-hydrogen) atoms. The van der Waals surface area contributed by atoms with Gasteiger partial charge < -0.3 is 9.64 Å². The molecule has 0 bridgehead atoms. The maximum absolute atomic E-state index is 13.1. The number of carbonyl (C=O) groups excluding carboxylic acids is 1. The number of para-hydroxylation sites is 1. The third-order valence-corrected chi connectivity index (χ3v) is 6.52. The summed E-state index contributed by atoms with van der Waals surface area (Å²) in [6.45, 7) is 7.57. The zero-order chi connectivity index (χ0) is 20.6. The van der Waals surface area contributed by atoms with Gasteiger partial charge in [-0.25, -0.2) is 4.98 Å². The molecule has 0 radical (unpaired) electrons. The van der Waals surface area contributed by atoms with Crippen LogP contribution >= 0.6 is 35.5 Å². The predicted molar refractivity (Wildman–Crippen MR) is 131 cm³/mol. The van der Waals surface area contributed by atoms with E-state index in [1.807, 2.05) is 36.4 Å². The lowest BCUT2D eigenvalue weighted by Crippen LogP contribution is -2.41. The first-order valence-corrected chi connectivity index (χ1v) is 11.8. The summed E-state index contributed by atoms with van der Waals surface area (Å²) in [5, 5.41) is 0.729. The summed E-state index contributed by atoms with van der Waals surface area (Å²) in [7, 11) is 0. The minimum atomic E-state index is -0.0786. The number of fused-ring (bicyclic) bond motifs is 1. The molecule has 0 saturated heterocycles. The van der Waals surface area contributed by atoms with Crippen LogP contribution in [0.25, 0.3) is 10.2 Å². The summed E-state index contributed by atoms with van der Waals surface area (Å²) in [5.74, 6) is 0.614. The van der Waals surface area contributed by atoms with Crippen LogP contribution in [-0.2, 0) is 4.79 Å². The maximum Gasteiger partial charge on any atom is 0.266 e. The second-order valence-corrected chi connectivity index (χ2v) is 8.39. The molecule has 0 saturated carbocycles. The number of nitrogens with zero attached hydrogens (tertiary/aromatic N) is 3. The smallest absolute Gasteiger partial charge is 0.266 e. The fourth-order valence-corrected chi connectivity index (χ4v) is 4.55. The van der Waals surface area contributed by atoms with Crippen molar-refractivity contribution in [2.24, 2.45) is 0 Å². The Kier molecular flexibility index (Phi) is 9.91. The van der Waals surface area contributed by atoms with Crippen LogP contribution in [-0.4, -0.2) is 54.8 Å². The Hall–Kier alpha value is -1.80. The minimum absolute atomic E-state index is 0. The van der Waals surface area contributed by atoms with E-state index in [-0.39, 0.29) is 24.9 Å². The zero-order valence-electron chi connectivity index (χ0n) is 17.5. The first-order chi connectivity index (χ1) is 14.1. The Morgan fingerprint density at radius 3 is 2.50 bits per heavy atom. The van der Waals surface area contributed by atoms with Gasteiger partial charge in [0.05, 0.1) is 10.2 Å². The lowest BCUT2D eigenvalue weighted by molar-refractivity contribution is -0.120. The monoisotopic (exact) mass is 465 g/mol. The van der Waals surface area contributed by atoms with E-state index in [0.29, 0.717) is 12.3 Å². The molecule has 1 aromatic heterocycles. The highest BCUT2D eigenvalue weighted by molar-refractivity contribution is 7.98. The van der Waals surface area contributed by atoms with Crippen LogP contribution in [0.2, 0.25) is 0 Å². The first-order valence-electron chi connectivity index (χ1n) is 9.79. The summed E-state index contributed by atoms with van der Waals surface area (Å²) in [6, 6.07) is 15.7. The van der Waals surface area contributed by atoms with E-state index in [4.69, 9.17) is 9.72 Å². The molecule has 5 nitrogen and oxygen atoms in total. The highest BCUT2D eigenvalue weighted by Gasteiger charge is 2.21.